The number of hydrogen-bond donors (Lipinski definition) is 1. The lowest BCUT2D eigenvalue weighted by atomic mass is 10.1. The van der Waals surface area contributed by atoms with Crippen LogP contribution in [0.3, 0.4) is 0 Å². The van der Waals surface area contributed by atoms with E-state index in [2.05, 4.69) is 5.32 Å². The summed E-state index contributed by atoms with van der Waals surface area (Å²) in [7, 11) is 1.40. The number of carbonyl (C=O) groups is 1. The van der Waals surface area contributed by atoms with Crippen molar-refractivity contribution in [1.29, 1.82) is 0 Å². The van der Waals surface area contributed by atoms with E-state index < -0.39 is 23.0 Å². The van der Waals surface area contributed by atoms with Crippen molar-refractivity contribution in [2.45, 2.75) is 26.0 Å². The van der Waals surface area contributed by atoms with Crippen LogP contribution in [0.5, 0.6) is 11.5 Å². The minimum atomic E-state index is -0.967. The van der Waals surface area contributed by atoms with Crippen LogP contribution >= 0.6 is 23.2 Å². The number of hydrogen-bond acceptors (Lipinski definition) is 5. The first-order valence-electron chi connectivity index (χ1n) is 7.97. The number of nitro benzene ring substituents is 1. The van der Waals surface area contributed by atoms with Crippen LogP contribution in [0.1, 0.15) is 25.5 Å². The van der Waals surface area contributed by atoms with Crippen molar-refractivity contribution in [2.75, 3.05) is 7.11 Å². The molecule has 0 bridgehead atoms. The fourth-order valence-corrected chi connectivity index (χ4v) is 2.94. The number of nitro groups is 1. The second-order valence-electron chi connectivity index (χ2n) is 5.75. The predicted molar refractivity (Wildman–Crippen MR) is 103 cm³/mol. The zero-order valence-electron chi connectivity index (χ0n) is 14.9. The lowest BCUT2D eigenvalue weighted by Crippen LogP contribution is -2.37. The molecule has 0 saturated carbocycles. The van der Waals surface area contributed by atoms with Gasteiger partial charge in [-0.2, -0.15) is 0 Å². The second kappa shape index (κ2) is 8.92. The van der Waals surface area contributed by atoms with Gasteiger partial charge in [0.2, 0.25) is 0 Å². The Labute approximate surface area is 166 Å². The first-order chi connectivity index (χ1) is 12.7. The van der Waals surface area contributed by atoms with Gasteiger partial charge in [-0.05, 0) is 43.7 Å². The maximum Gasteiger partial charge on any atom is 0.314 e. The van der Waals surface area contributed by atoms with Gasteiger partial charge in [-0.25, -0.2) is 0 Å². The van der Waals surface area contributed by atoms with Crippen LogP contribution in [-0.4, -0.2) is 24.0 Å². The van der Waals surface area contributed by atoms with Gasteiger partial charge in [0.25, 0.3) is 5.91 Å². The van der Waals surface area contributed by atoms with Gasteiger partial charge in [0.05, 0.1) is 24.1 Å². The highest BCUT2D eigenvalue weighted by molar-refractivity contribution is 6.35. The van der Waals surface area contributed by atoms with Crippen LogP contribution in [-0.2, 0) is 4.79 Å². The summed E-state index contributed by atoms with van der Waals surface area (Å²) in [4.78, 5) is 23.0. The van der Waals surface area contributed by atoms with Crippen LogP contribution in [0.15, 0.2) is 36.4 Å². The van der Waals surface area contributed by atoms with Crippen LogP contribution < -0.4 is 14.8 Å². The van der Waals surface area contributed by atoms with Crippen molar-refractivity contribution in [3.8, 4) is 11.5 Å². The minimum absolute atomic E-state index is 0.0272. The van der Waals surface area contributed by atoms with E-state index in [0.717, 1.165) is 0 Å². The third-order valence-electron chi connectivity index (χ3n) is 3.82. The number of methoxy groups -OCH3 is 1. The number of nitrogens with zero attached hydrogens (tertiary/aromatic N) is 1. The third kappa shape index (κ3) is 5.24. The van der Waals surface area contributed by atoms with Gasteiger partial charge in [0.15, 0.2) is 11.9 Å². The molecule has 144 valence electrons. The topological polar surface area (TPSA) is 90.7 Å². The summed E-state index contributed by atoms with van der Waals surface area (Å²) in [5.41, 5.74) is 0.403. The maximum absolute atomic E-state index is 12.4. The molecule has 2 rings (SSSR count). The SMILES string of the molecule is COc1ccc(O[C@@H](C)C(=O)N[C@H](C)c2ccc(Cl)cc2Cl)c([N+](=O)[O-])c1. The summed E-state index contributed by atoms with van der Waals surface area (Å²) in [6.45, 7) is 3.26. The fraction of sp³-hybridized carbons (Fsp3) is 0.278. The lowest BCUT2D eigenvalue weighted by molar-refractivity contribution is -0.386. The molecule has 1 amide bonds. The smallest absolute Gasteiger partial charge is 0.314 e. The van der Waals surface area contributed by atoms with Crippen molar-refractivity contribution in [2.24, 2.45) is 0 Å². The molecule has 0 aromatic heterocycles. The molecule has 2 atom stereocenters. The molecule has 2 aromatic carbocycles. The lowest BCUT2D eigenvalue weighted by Gasteiger charge is -2.20. The Bertz CT molecular complexity index is 860. The van der Waals surface area contributed by atoms with E-state index in [0.29, 0.717) is 21.4 Å². The first kappa shape index (κ1) is 20.8. The molecule has 2 aromatic rings. The fourth-order valence-electron chi connectivity index (χ4n) is 2.37. The number of amides is 1. The van der Waals surface area contributed by atoms with E-state index >= 15 is 0 Å². The van der Waals surface area contributed by atoms with Crippen LogP contribution in [0.4, 0.5) is 5.69 Å². The minimum Gasteiger partial charge on any atom is -0.496 e. The van der Waals surface area contributed by atoms with Crippen LogP contribution in [0.2, 0.25) is 10.0 Å². The third-order valence-corrected chi connectivity index (χ3v) is 4.39. The molecular weight excluding hydrogens is 395 g/mol. The summed E-state index contributed by atoms with van der Waals surface area (Å²) < 4.78 is 10.5. The Kier molecular flexibility index (Phi) is 6.87. The van der Waals surface area contributed by atoms with Gasteiger partial charge in [-0.15, -0.1) is 0 Å². The Morgan fingerprint density at radius 1 is 1.19 bits per heavy atom. The molecule has 1 N–H and O–H groups in total. The van der Waals surface area contributed by atoms with Crippen LogP contribution in [0, 0.1) is 10.1 Å². The van der Waals surface area contributed by atoms with Gasteiger partial charge in [0.1, 0.15) is 5.75 Å². The highest BCUT2D eigenvalue weighted by atomic mass is 35.5. The average molecular weight is 413 g/mol. The predicted octanol–water partition coefficient (Wildman–Crippen LogP) is 4.55. The Morgan fingerprint density at radius 3 is 2.48 bits per heavy atom. The Balaban J connectivity index is 2.10. The Hall–Kier alpha value is -2.51. The van der Waals surface area contributed by atoms with Crippen LogP contribution in [0.25, 0.3) is 0 Å². The normalized spacial score (nSPS) is 12.8. The largest absolute Gasteiger partial charge is 0.496 e. The number of rotatable bonds is 7. The van der Waals surface area contributed by atoms with Crippen molar-refractivity contribution in [1.82, 2.24) is 5.32 Å². The zero-order chi connectivity index (χ0) is 20.1. The summed E-state index contributed by atoms with van der Waals surface area (Å²) in [5.74, 6) is -0.156. The van der Waals surface area contributed by atoms with E-state index in [1.807, 2.05) is 0 Å². The quantitative estimate of drug-likeness (QED) is 0.531. The molecule has 27 heavy (non-hydrogen) atoms. The van der Waals surface area contributed by atoms with Crippen molar-refractivity contribution >= 4 is 34.8 Å². The number of carbonyl (C=O) groups excluding carboxylic acids is 1. The van der Waals surface area contributed by atoms with E-state index in [1.54, 1.807) is 25.1 Å². The molecule has 9 heteroatoms. The average Bonchev–Trinajstić information content (AvgIpc) is 2.61. The molecule has 0 fully saturated rings. The molecular formula is C18H18Cl2N2O5. The molecule has 7 nitrogen and oxygen atoms in total. The molecule has 0 aliphatic rings. The zero-order valence-corrected chi connectivity index (χ0v) is 16.4. The molecule has 0 saturated heterocycles. The second-order valence-corrected chi connectivity index (χ2v) is 6.59. The highest BCUT2D eigenvalue weighted by Gasteiger charge is 2.23. The van der Waals surface area contributed by atoms with Crippen molar-refractivity contribution < 1.29 is 19.2 Å². The monoisotopic (exact) mass is 412 g/mol. The van der Waals surface area contributed by atoms with E-state index in [9.17, 15) is 14.9 Å². The number of halogens is 2. The van der Waals surface area contributed by atoms with Crippen molar-refractivity contribution in [3.63, 3.8) is 0 Å². The summed E-state index contributed by atoms with van der Waals surface area (Å²) in [5, 5.41) is 14.9. The molecule has 0 radical (unpaired) electrons. The molecule has 0 unspecified atom stereocenters. The number of ether oxygens (including phenoxy) is 2. The van der Waals surface area contributed by atoms with Gasteiger partial charge in [-0.3, -0.25) is 14.9 Å². The van der Waals surface area contributed by atoms with E-state index in [-0.39, 0.29) is 11.4 Å². The molecule has 0 spiro atoms. The first-order valence-corrected chi connectivity index (χ1v) is 8.73. The standard InChI is InChI=1S/C18H18Cl2N2O5/c1-10(14-6-4-12(19)8-15(14)20)21-18(23)11(2)27-17-7-5-13(26-3)9-16(17)22(24)25/h4-11H,1-3H3,(H,21,23)/t10-,11+/m1/s1. The number of nitrogens with one attached hydrogen (secondary N) is 1. The van der Waals surface area contributed by atoms with Crippen molar-refractivity contribution in [3.05, 3.63) is 62.1 Å². The maximum atomic E-state index is 12.4. The number of benzene rings is 2. The summed E-state index contributed by atoms with van der Waals surface area (Å²) in [6.07, 6.45) is -0.967. The molecule has 0 heterocycles. The molecule has 0 aliphatic heterocycles. The highest BCUT2D eigenvalue weighted by Crippen LogP contribution is 2.32. The van der Waals surface area contributed by atoms with Gasteiger partial charge in [-0.1, -0.05) is 29.3 Å². The van der Waals surface area contributed by atoms with E-state index in [1.165, 1.54) is 32.2 Å². The van der Waals surface area contributed by atoms with Gasteiger partial charge in [0, 0.05) is 10.0 Å². The van der Waals surface area contributed by atoms with E-state index in [4.69, 9.17) is 32.7 Å². The summed E-state index contributed by atoms with van der Waals surface area (Å²) in [6, 6.07) is 8.71. The Morgan fingerprint density at radius 2 is 1.89 bits per heavy atom. The summed E-state index contributed by atoms with van der Waals surface area (Å²) >= 11 is 12.0. The van der Waals surface area contributed by atoms with Gasteiger partial charge >= 0.3 is 5.69 Å². The molecule has 0 aliphatic carbocycles. The van der Waals surface area contributed by atoms with Gasteiger partial charge < -0.3 is 14.8 Å².